The van der Waals surface area contributed by atoms with E-state index in [1.165, 1.54) is 5.56 Å². The lowest BCUT2D eigenvalue weighted by Gasteiger charge is -2.23. The summed E-state index contributed by atoms with van der Waals surface area (Å²) < 4.78 is 5.99. The molecule has 5 heteroatoms. The van der Waals surface area contributed by atoms with Gasteiger partial charge in [-0.1, -0.05) is 29.8 Å². The van der Waals surface area contributed by atoms with Crippen LogP contribution in [-0.2, 0) is 4.79 Å². The van der Waals surface area contributed by atoms with Crippen LogP contribution in [0.2, 0.25) is 0 Å². The Morgan fingerprint density at radius 2 is 2.08 bits per heavy atom. The van der Waals surface area contributed by atoms with Gasteiger partial charge < -0.3 is 14.9 Å². The number of rotatable bonds is 9. The van der Waals surface area contributed by atoms with Gasteiger partial charge in [-0.05, 0) is 57.1 Å². The quantitative estimate of drug-likeness (QED) is 0.376. The van der Waals surface area contributed by atoms with E-state index >= 15 is 0 Å². The molecular formula is C21H29ClO4. The zero-order chi connectivity index (χ0) is 19.1. The van der Waals surface area contributed by atoms with Gasteiger partial charge in [-0.15, -0.1) is 11.6 Å². The number of carboxylic acids is 1. The van der Waals surface area contributed by atoms with Crippen molar-refractivity contribution in [3.63, 3.8) is 0 Å². The molecule has 1 aromatic rings. The van der Waals surface area contributed by atoms with Crippen LogP contribution < -0.4 is 4.74 Å². The molecule has 1 aliphatic carbocycles. The van der Waals surface area contributed by atoms with Crippen molar-refractivity contribution in [1.29, 1.82) is 0 Å². The number of aliphatic hydroxyl groups is 1. The minimum Gasteiger partial charge on any atom is -0.493 e. The highest BCUT2D eigenvalue weighted by Gasteiger charge is 2.41. The molecule has 4 nitrogen and oxygen atoms in total. The highest BCUT2D eigenvalue weighted by Crippen LogP contribution is 2.39. The summed E-state index contributed by atoms with van der Waals surface area (Å²) in [7, 11) is 0. The molecule has 1 fully saturated rings. The number of aliphatic hydroxyl groups excluding tert-OH is 1. The molecule has 1 saturated carbocycles. The number of benzene rings is 1. The third-order valence-electron chi connectivity index (χ3n) is 5.07. The Labute approximate surface area is 160 Å². The molecule has 0 bridgehead atoms. The van der Waals surface area contributed by atoms with E-state index in [4.69, 9.17) is 21.4 Å². The highest BCUT2D eigenvalue weighted by atomic mass is 35.5. The van der Waals surface area contributed by atoms with Crippen molar-refractivity contribution in [2.45, 2.75) is 57.4 Å². The average Bonchev–Trinajstić information content (AvgIpc) is 2.83. The van der Waals surface area contributed by atoms with E-state index in [9.17, 15) is 9.90 Å². The molecule has 144 valence electrons. The van der Waals surface area contributed by atoms with E-state index in [2.05, 4.69) is 19.1 Å². The number of ether oxygens (including phenoxy) is 1. The maximum absolute atomic E-state index is 10.5. The van der Waals surface area contributed by atoms with Gasteiger partial charge in [0, 0.05) is 17.7 Å². The van der Waals surface area contributed by atoms with Gasteiger partial charge in [0.25, 0.3) is 0 Å². The fraction of sp³-hybridized carbons (Fsp3) is 0.571. The first kappa shape index (κ1) is 20.8. The lowest BCUT2D eigenvalue weighted by atomic mass is 9.92. The Morgan fingerprint density at radius 3 is 2.77 bits per heavy atom. The van der Waals surface area contributed by atoms with E-state index < -0.39 is 12.1 Å². The number of carbonyl (C=O) groups is 1. The summed E-state index contributed by atoms with van der Waals surface area (Å²) in [6, 6.07) is 6.08. The van der Waals surface area contributed by atoms with Crippen LogP contribution in [0.5, 0.6) is 5.75 Å². The first-order valence-electron chi connectivity index (χ1n) is 9.27. The van der Waals surface area contributed by atoms with Crippen LogP contribution in [-0.4, -0.2) is 34.3 Å². The third kappa shape index (κ3) is 6.03. The maximum Gasteiger partial charge on any atom is 0.303 e. The minimum absolute atomic E-state index is 0.00173. The number of aryl methyl sites for hydroxylation is 2. The Morgan fingerprint density at radius 1 is 1.31 bits per heavy atom. The molecule has 0 aliphatic heterocycles. The average molecular weight is 381 g/mol. The number of aliphatic carboxylic acids is 1. The molecule has 26 heavy (non-hydrogen) atoms. The predicted octanol–water partition coefficient (Wildman–Crippen LogP) is 4.49. The van der Waals surface area contributed by atoms with Crippen molar-refractivity contribution >= 4 is 17.6 Å². The number of hydrogen-bond donors (Lipinski definition) is 2. The molecule has 0 spiro atoms. The Balaban J connectivity index is 1.88. The number of allylic oxidation sites excluding steroid dienone is 2. The van der Waals surface area contributed by atoms with Crippen LogP contribution in [0.1, 0.15) is 43.2 Å². The molecule has 0 heterocycles. The van der Waals surface area contributed by atoms with Crippen LogP contribution in [0, 0.1) is 25.7 Å². The fourth-order valence-corrected chi connectivity index (χ4v) is 4.05. The molecule has 0 amide bonds. The van der Waals surface area contributed by atoms with E-state index in [1.807, 2.05) is 25.1 Å². The number of alkyl halides is 1. The molecule has 1 aliphatic rings. The molecule has 4 atom stereocenters. The molecule has 0 unspecified atom stereocenters. The lowest BCUT2D eigenvalue weighted by Crippen LogP contribution is -2.27. The van der Waals surface area contributed by atoms with Gasteiger partial charge in [-0.2, -0.15) is 0 Å². The standard InChI is InChI=1S/C21H29ClO4/c1-14-9-10-20(15(2)11-14)26-13-17-16(18(22)12-19(17)23)7-5-3-4-6-8-21(24)25/h3,5,9-11,16-19,23H,4,6-8,12-13H2,1-2H3,(H,24,25)/b5-3-/t16-,17-,18-,19-/m1/s1. The van der Waals surface area contributed by atoms with Gasteiger partial charge in [0.1, 0.15) is 5.75 Å². The smallest absolute Gasteiger partial charge is 0.303 e. The van der Waals surface area contributed by atoms with Gasteiger partial charge in [0.05, 0.1) is 12.7 Å². The van der Waals surface area contributed by atoms with Crippen molar-refractivity contribution in [3.05, 3.63) is 41.5 Å². The van der Waals surface area contributed by atoms with Crippen LogP contribution in [0.3, 0.4) is 0 Å². The van der Waals surface area contributed by atoms with Crippen LogP contribution in [0.15, 0.2) is 30.4 Å². The molecular weight excluding hydrogens is 352 g/mol. The summed E-state index contributed by atoms with van der Waals surface area (Å²) in [5.74, 6) is 0.251. The van der Waals surface area contributed by atoms with E-state index in [-0.39, 0.29) is 23.6 Å². The van der Waals surface area contributed by atoms with Crippen LogP contribution >= 0.6 is 11.6 Å². The Bertz CT molecular complexity index is 628. The fourth-order valence-electron chi connectivity index (χ4n) is 3.58. The second-order valence-corrected chi connectivity index (χ2v) is 7.78. The minimum atomic E-state index is -0.762. The van der Waals surface area contributed by atoms with Crippen molar-refractivity contribution < 1.29 is 19.7 Å². The Kier molecular flexibility index (Phi) is 7.98. The molecule has 2 rings (SSSR count). The molecule has 1 aromatic carbocycles. The molecule has 0 saturated heterocycles. The summed E-state index contributed by atoms with van der Waals surface area (Å²) >= 11 is 6.46. The summed E-state index contributed by atoms with van der Waals surface area (Å²) in [4.78, 5) is 10.5. The second kappa shape index (κ2) is 9.98. The lowest BCUT2D eigenvalue weighted by molar-refractivity contribution is -0.137. The molecule has 0 aromatic heterocycles. The van der Waals surface area contributed by atoms with Gasteiger partial charge in [0.15, 0.2) is 0 Å². The maximum atomic E-state index is 10.5. The SMILES string of the molecule is Cc1ccc(OC[C@@H]2[C@@H](C/C=C\CCCC(=O)O)[C@H](Cl)C[C@H]2O)c(C)c1. The van der Waals surface area contributed by atoms with E-state index in [0.717, 1.165) is 24.2 Å². The van der Waals surface area contributed by atoms with E-state index in [0.29, 0.717) is 19.4 Å². The topological polar surface area (TPSA) is 66.8 Å². The first-order valence-corrected chi connectivity index (χ1v) is 9.71. The summed E-state index contributed by atoms with van der Waals surface area (Å²) in [5.41, 5.74) is 2.29. The first-order chi connectivity index (χ1) is 12.4. The van der Waals surface area contributed by atoms with Crippen molar-refractivity contribution in [1.82, 2.24) is 0 Å². The van der Waals surface area contributed by atoms with Gasteiger partial charge in [-0.3, -0.25) is 4.79 Å². The second-order valence-electron chi connectivity index (χ2n) is 7.22. The number of unbranched alkanes of at least 4 members (excludes halogenated alkanes) is 1. The van der Waals surface area contributed by atoms with E-state index in [1.54, 1.807) is 0 Å². The number of halogens is 1. The molecule has 2 N–H and O–H groups in total. The monoisotopic (exact) mass is 380 g/mol. The highest BCUT2D eigenvalue weighted by molar-refractivity contribution is 6.21. The van der Waals surface area contributed by atoms with Crippen molar-refractivity contribution in [3.8, 4) is 5.75 Å². The zero-order valence-corrected chi connectivity index (χ0v) is 16.3. The normalized spacial score (nSPS) is 25.7. The largest absolute Gasteiger partial charge is 0.493 e. The summed E-state index contributed by atoms with van der Waals surface area (Å²) in [6.07, 6.45) is 6.56. The number of hydrogen-bond acceptors (Lipinski definition) is 3. The molecule has 0 radical (unpaired) electrons. The van der Waals surface area contributed by atoms with Crippen molar-refractivity contribution in [2.24, 2.45) is 11.8 Å². The van der Waals surface area contributed by atoms with Gasteiger partial charge >= 0.3 is 5.97 Å². The summed E-state index contributed by atoms with van der Waals surface area (Å²) in [5, 5.41) is 18.9. The van der Waals surface area contributed by atoms with Crippen molar-refractivity contribution in [2.75, 3.05) is 6.61 Å². The number of carboxylic acid groups (broad SMARTS) is 1. The van der Waals surface area contributed by atoms with Crippen LogP contribution in [0.4, 0.5) is 0 Å². The summed E-state index contributed by atoms with van der Waals surface area (Å²) in [6.45, 7) is 4.52. The predicted molar refractivity (Wildman–Crippen MR) is 104 cm³/mol. The van der Waals surface area contributed by atoms with Gasteiger partial charge in [-0.25, -0.2) is 0 Å². The zero-order valence-electron chi connectivity index (χ0n) is 15.5. The van der Waals surface area contributed by atoms with Gasteiger partial charge in [0.2, 0.25) is 0 Å². The Hall–Kier alpha value is -1.52. The van der Waals surface area contributed by atoms with Crippen LogP contribution in [0.25, 0.3) is 0 Å². The third-order valence-corrected chi connectivity index (χ3v) is 5.58.